The van der Waals surface area contributed by atoms with Gasteiger partial charge in [0.25, 0.3) is 0 Å². The van der Waals surface area contributed by atoms with Crippen molar-refractivity contribution in [3.05, 3.63) is 0 Å². The van der Waals surface area contributed by atoms with Crippen LogP contribution < -0.4 is 0 Å². The first kappa shape index (κ1) is 11.9. The minimum Gasteiger partial charge on any atom is -0.457 e. The molecule has 0 aromatic carbocycles. The fourth-order valence-corrected chi connectivity index (χ4v) is 0.552. The number of hydrogen-bond donors (Lipinski definition) is 1. The van der Waals surface area contributed by atoms with Gasteiger partial charge in [0.15, 0.2) is 6.10 Å². The van der Waals surface area contributed by atoms with E-state index < -0.39 is 18.0 Å². The zero-order valence-corrected chi connectivity index (χ0v) is 7.48. The quantitative estimate of drug-likeness (QED) is 0.356. The summed E-state index contributed by atoms with van der Waals surface area (Å²) in [5.41, 5.74) is 0. The van der Waals surface area contributed by atoms with Gasteiger partial charge in [0.2, 0.25) is 0 Å². The summed E-state index contributed by atoms with van der Waals surface area (Å²) in [6.07, 6.45) is -0.808. The van der Waals surface area contributed by atoms with Crippen LogP contribution in [0.3, 0.4) is 0 Å². The highest BCUT2D eigenvalue weighted by atomic mass is 17.2. The summed E-state index contributed by atoms with van der Waals surface area (Å²) in [5.74, 6) is -1.15. The molecule has 0 aliphatic rings. The van der Waals surface area contributed by atoms with E-state index in [0.717, 1.165) is 0 Å². The van der Waals surface area contributed by atoms with Gasteiger partial charge in [-0.25, -0.2) is 4.79 Å². The van der Waals surface area contributed by atoms with Gasteiger partial charge >= 0.3 is 11.9 Å². The number of carbonyl (C=O) groups excluding carboxylic acids is 2. The van der Waals surface area contributed by atoms with Crippen LogP contribution in [-0.4, -0.2) is 36.4 Å². The summed E-state index contributed by atoms with van der Waals surface area (Å²) in [6, 6.07) is 0. The van der Waals surface area contributed by atoms with Crippen molar-refractivity contribution in [2.24, 2.45) is 0 Å². The van der Waals surface area contributed by atoms with Crippen molar-refractivity contribution < 1.29 is 29.2 Å². The van der Waals surface area contributed by atoms with Gasteiger partial charge < -0.3 is 9.84 Å². The monoisotopic (exact) mass is 192 g/mol. The van der Waals surface area contributed by atoms with Gasteiger partial charge in [-0.3, -0.25) is 9.68 Å². The number of carbonyl (C=O) groups is 2. The third kappa shape index (κ3) is 7.23. The summed E-state index contributed by atoms with van der Waals surface area (Å²) < 4.78 is 4.58. The number of esters is 1. The Morgan fingerprint density at radius 2 is 1.92 bits per heavy atom. The van der Waals surface area contributed by atoms with Gasteiger partial charge in [0.05, 0.1) is 6.61 Å². The molecule has 6 heteroatoms. The molecule has 0 aromatic rings. The summed E-state index contributed by atoms with van der Waals surface area (Å²) in [7, 11) is 0. The smallest absolute Gasteiger partial charge is 0.339 e. The number of hydrogen-bond acceptors (Lipinski definition) is 6. The molecule has 0 fully saturated rings. The lowest BCUT2D eigenvalue weighted by Gasteiger charge is -2.12. The third-order valence-electron chi connectivity index (χ3n) is 0.966. The average molecular weight is 192 g/mol. The van der Waals surface area contributed by atoms with E-state index in [1.807, 2.05) is 0 Å². The van der Waals surface area contributed by atoms with E-state index in [1.165, 1.54) is 13.8 Å². The third-order valence-corrected chi connectivity index (χ3v) is 0.966. The van der Waals surface area contributed by atoms with Crippen LogP contribution in [-0.2, 0) is 24.1 Å². The Hall–Kier alpha value is -1.14. The Balaban J connectivity index is 3.59. The van der Waals surface area contributed by atoms with Crippen molar-refractivity contribution in [2.45, 2.75) is 20.0 Å². The van der Waals surface area contributed by atoms with Crippen LogP contribution in [0.15, 0.2) is 0 Å². The fraction of sp³-hybridized carbons (Fsp3) is 0.714. The van der Waals surface area contributed by atoms with Gasteiger partial charge in [-0.15, -0.1) is 0 Å². The second-order valence-electron chi connectivity index (χ2n) is 2.27. The molecule has 0 radical (unpaired) electrons. The number of aliphatic hydroxyl groups is 1. The Morgan fingerprint density at radius 3 is 2.31 bits per heavy atom. The van der Waals surface area contributed by atoms with Crippen LogP contribution in [0.25, 0.3) is 0 Å². The first-order chi connectivity index (χ1) is 6.06. The first-order valence-corrected chi connectivity index (χ1v) is 3.64. The molecule has 0 heterocycles. The van der Waals surface area contributed by atoms with Crippen LogP contribution in [0.2, 0.25) is 0 Å². The predicted octanol–water partition coefficient (Wildman–Crippen LogP) is -0.595. The number of aliphatic hydroxyl groups excluding tert-OH is 1. The molecule has 0 aromatic heterocycles. The van der Waals surface area contributed by atoms with Crippen LogP contribution >= 0.6 is 0 Å². The van der Waals surface area contributed by atoms with E-state index in [-0.39, 0.29) is 13.2 Å². The Kier molecular flexibility index (Phi) is 5.82. The van der Waals surface area contributed by atoms with Gasteiger partial charge in [0.1, 0.15) is 6.61 Å². The van der Waals surface area contributed by atoms with E-state index >= 15 is 0 Å². The van der Waals surface area contributed by atoms with E-state index in [9.17, 15) is 9.59 Å². The summed E-state index contributed by atoms with van der Waals surface area (Å²) in [5, 5.41) is 8.64. The van der Waals surface area contributed by atoms with E-state index in [2.05, 4.69) is 14.5 Å². The van der Waals surface area contributed by atoms with Crippen molar-refractivity contribution in [3.8, 4) is 0 Å². The maximum atomic E-state index is 10.4. The van der Waals surface area contributed by atoms with E-state index in [1.54, 1.807) is 0 Å². The normalized spacial score (nSPS) is 11.9. The maximum absolute atomic E-state index is 10.4. The van der Waals surface area contributed by atoms with Crippen molar-refractivity contribution in [2.75, 3.05) is 13.2 Å². The topological polar surface area (TPSA) is 82.1 Å². The summed E-state index contributed by atoms with van der Waals surface area (Å²) >= 11 is 0. The van der Waals surface area contributed by atoms with E-state index in [0.29, 0.717) is 0 Å². The van der Waals surface area contributed by atoms with Crippen molar-refractivity contribution in [3.63, 3.8) is 0 Å². The molecular weight excluding hydrogens is 180 g/mol. The molecule has 0 rings (SSSR count). The molecule has 1 atom stereocenters. The predicted molar refractivity (Wildman–Crippen MR) is 40.4 cm³/mol. The molecule has 0 aliphatic heterocycles. The lowest BCUT2D eigenvalue weighted by molar-refractivity contribution is -0.281. The van der Waals surface area contributed by atoms with Crippen LogP contribution in [0.1, 0.15) is 13.8 Å². The minimum atomic E-state index is -0.808. The lowest BCUT2D eigenvalue weighted by Crippen LogP contribution is -2.26. The summed E-state index contributed by atoms with van der Waals surface area (Å²) in [6.45, 7) is 1.80. The molecule has 0 saturated carbocycles. The molecule has 0 aliphatic carbocycles. The van der Waals surface area contributed by atoms with Crippen LogP contribution in [0.4, 0.5) is 0 Å². The average Bonchev–Trinajstić information content (AvgIpc) is 2.01. The van der Waals surface area contributed by atoms with Crippen LogP contribution in [0.5, 0.6) is 0 Å². The van der Waals surface area contributed by atoms with Gasteiger partial charge in [0, 0.05) is 13.8 Å². The van der Waals surface area contributed by atoms with E-state index in [4.69, 9.17) is 5.11 Å². The summed E-state index contributed by atoms with van der Waals surface area (Å²) in [4.78, 5) is 29.1. The molecule has 1 unspecified atom stereocenters. The number of rotatable bonds is 5. The number of ether oxygens (including phenoxy) is 1. The molecule has 0 bridgehead atoms. The molecule has 6 nitrogen and oxygen atoms in total. The van der Waals surface area contributed by atoms with Gasteiger partial charge in [-0.1, -0.05) is 0 Å². The molecule has 0 amide bonds. The zero-order valence-electron chi connectivity index (χ0n) is 7.48. The Morgan fingerprint density at radius 1 is 1.31 bits per heavy atom. The van der Waals surface area contributed by atoms with Crippen molar-refractivity contribution in [1.82, 2.24) is 0 Å². The van der Waals surface area contributed by atoms with Crippen molar-refractivity contribution >= 4 is 11.9 Å². The van der Waals surface area contributed by atoms with Crippen molar-refractivity contribution in [1.29, 1.82) is 0 Å². The molecule has 76 valence electrons. The molecule has 0 saturated heterocycles. The minimum absolute atomic E-state index is 0.185. The molecule has 0 spiro atoms. The Bertz CT molecular complexity index is 178. The highest BCUT2D eigenvalue weighted by Gasteiger charge is 2.11. The maximum Gasteiger partial charge on any atom is 0.339 e. The highest BCUT2D eigenvalue weighted by Crippen LogP contribution is 1.94. The second-order valence-corrected chi connectivity index (χ2v) is 2.27. The first-order valence-electron chi connectivity index (χ1n) is 3.64. The second kappa shape index (κ2) is 6.38. The largest absolute Gasteiger partial charge is 0.457 e. The molecule has 1 N–H and O–H groups in total. The fourth-order valence-electron chi connectivity index (χ4n) is 0.552. The highest BCUT2D eigenvalue weighted by molar-refractivity contribution is 5.66. The zero-order chi connectivity index (χ0) is 10.3. The molecule has 13 heavy (non-hydrogen) atoms. The lowest BCUT2D eigenvalue weighted by atomic mass is 10.4. The van der Waals surface area contributed by atoms with Gasteiger partial charge in [-0.05, 0) is 0 Å². The Labute approximate surface area is 75.3 Å². The molecular formula is C7H12O6. The standard InChI is InChI=1S/C7H12O6/c1-5(9)12-7(3-8)4-11-13-6(2)10/h7-8H,3-4H2,1-2H3. The van der Waals surface area contributed by atoms with Gasteiger partial charge in [-0.2, -0.15) is 4.89 Å². The van der Waals surface area contributed by atoms with Crippen LogP contribution in [0, 0.1) is 0 Å². The SMILES string of the molecule is CC(=O)OOCC(CO)OC(C)=O.